The van der Waals surface area contributed by atoms with Gasteiger partial charge >= 0.3 is 11.7 Å². The van der Waals surface area contributed by atoms with Crippen molar-refractivity contribution in [2.45, 2.75) is 27.7 Å². The molecule has 0 radical (unpaired) electrons. The number of ether oxygens (including phenoxy) is 1. The van der Waals surface area contributed by atoms with Gasteiger partial charge in [-0.1, -0.05) is 6.07 Å². The summed E-state index contributed by atoms with van der Waals surface area (Å²) in [5, 5.41) is 0. The lowest BCUT2D eigenvalue weighted by atomic mass is 10.1. The topological polar surface area (TPSA) is 92.3 Å². The van der Waals surface area contributed by atoms with Crippen LogP contribution in [0.3, 0.4) is 0 Å². The Balaban J connectivity index is 1.74. The van der Waals surface area contributed by atoms with Crippen molar-refractivity contribution in [1.29, 1.82) is 0 Å². The Kier molecular flexibility index (Phi) is 6.67. The van der Waals surface area contributed by atoms with Crippen LogP contribution in [0, 0.1) is 27.7 Å². The first-order chi connectivity index (χ1) is 15.5. The molecule has 0 aliphatic heterocycles. The van der Waals surface area contributed by atoms with Crippen molar-refractivity contribution in [3.63, 3.8) is 0 Å². The molecule has 0 spiro atoms. The number of Topliss-reactive ketones (excluding diaryl/α,β-unsaturated/α-hetero) is 1. The van der Waals surface area contributed by atoms with Crippen molar-refractivity contribution in [3.05, 3.63) is 91.0 Å². The normalized spacial score (nSPS) is 11.2. The fraction of sp³-hybridized carbons (Fsp3) is 0.280. The molecule has 0 fully saturated rings. The van der Waals surface area contributed by atoms with Crippen LogP contribution in [-0.4, -0.2) is 32.1 Å². The quantitative estimate of drug-likeness (QED) is 0.328. The van der Waals surface area contributed by atoms with Crippen molar-refractivity contribution in [3.8, 4) is 5.69 Å². The Morgan fingerprint density at radius 3 is 2.24 bits per heavy atom. The van der Waals surface area contributed by atoms with Crippen LogP contribution in [0.2, 0.25) is 0 Å². The molecule has 3 aromatic rings. The molecule has 2 aromatic heterocycles. The number of benzene rings is 1. The second-order valence-electron chi connectivity index (χ2n) is 8.17. The predicted octanol–water partition coefficient (Wildman–Crippen LogP) is 2.55. The molecule has 8 nitrogen and oxygen atoms in total. The zero-order valence-corrected chi connectivity index (χ0v) is 19.6. The van der Waals surface area contributed by atoms with Crippen LogP contribution in [0.25, 0.3) is 11.8 Å². The summed E-state index contributed by atoms with van der Waals surface area (Å²) < 4.78 is 9.28. The van der Waals surface area contributed by atoms with E-state index >= 15 is 0 Å². The first kappa shape index (κ1) is 23.7. The molecule has 172 valence electrons. The van der Waals surface area contributed by atoms with Gasteiger partial charge in [0, 0.05) is 49.0 Å². The fourth-order valence-electron chi connectivity index (χ4n) is 3.89. The maximum Gasteiger partial charge on any atom is 0.331 e. The van der Waals surface area contributed by atoms with Crippen LogP contribution in [0.5, 0.6) is 0 Å². The van der Waals surface area contributed by atoms with E-state index in [0.29, 0.717) is 5.56 Å². The van der Waals surface area contributed by atoms with Crippen molar-refractivity contribution in [1.82, 2.24) is 13.7 Å². The molecular weight excluding hydrogens is 422 g/mol. The Bertz CT molecular complexity index is 1380. The highest BCUT2D eigenvalue weighted by Crippen LogP contribution is 2.23. The summed E-state index contributed by atoms with van der Waals surface area (Å²) in [4.78, 5) is 48.7. The van der Waals surface area contributed by atoms with Crippen LogP contribution < -0.4 is 11.2 Å². The molecule has 0 aliphatic carbocycles. The SMILES string of the molecule is Cc1cc(C)cc(-n2c(C)cc(C(=O)COC(=O)C=Cc3cn(C)c(=O)n(C)c3=O)c2C)c1. The zero-order valence-electron chi connectivity index (χ0n) is 19.6. The maximum absolute atomic E-state index is 12.7. The largest absolute Gasteiger partial charge is 0.454 e. The summed E-state index contributed by atoms with van der Waals surface area (Å²) in [6, 6.07) is 7.97. The van der Waals surface area contributed by atoms with Gasteiger partial charge in [0.05, 0.1) is 5.56 Å². The average Bonchev–Trinajstić information content (AvgIpc) is 3.05. The third-order valence-electron chi connectivity index (χ3n) is 5.41. The number of aryl methyl sites for hydroxylation is 4. The monoisotopic (exact) mass is 449 g/mol. The van der Waals surface area contributed by atoms with Crippen LogP contribution in [0.4, 0.5) is 0 Å². The lowest BCUT2D eigenvalue weighted by molar-refractivity contribution is -0.136. The van der Waals surface area contributed by atoms with Gasteiger partial charge in [-0.2, -0.15) is 0 Å². The van der Waals surface area contributed by atoms with E-state index < -0.39 is 23.8 Å². The number of rotatable bonds is 6. The number of nitrogens with zero attached hydrogens (tertiary/aromatic N) is 3. The molecule has 0 amide bonds. The number of esters is 1. The summed E-state index contributed by atoms with van der Waals surface area (Å²) in [6.07, 6.45) is 3.66. The molecule has 0 aliphatic rings. The number of hydrogen-bond donors (Lipinski definition) is 0. The second-order valence-corrected chi connectivity index (χ2v) is 8.17. The van der Waals surface area contributed by atoms with Gasteiger partial charge in [-0.25, -0.2) is 9.59 Å². The van der Waals surface area contributed by atoms with E-state index in [4.69, 9.17) is 4.74 Å². The minimum absolute atomic E-state index is 0.153. The van der Waals surface area contributed by atoms with E-state index in [0.717, 1.165) is 38.8 Å². The van der Waals surface area contributed by atoms with Crippen LogP contribution in [0.1, 0.15) is 38.4 Å². The average molecular weight is 450 g/mol. The van der Waals surface area contributed by atoms with E-state index in [1.54, 1.807) is 6.07 Å². The predicted molar refractivity (Wildman–Crippen MR) is 126 cm³/mol. The van der Waals surface area contributed by atoms with Gasteiger partial charge in [0.25, 0.3) is 5.56 Å². The van der Waals surface area contributed by atoms with E-state index in [-0.39, 0.29) is 11.3 Å². The smallest absolute Gasteiger partial charge is 0.331 e. The molecule has 0 bridgehead atoms. The Morgan fingerprint density at radius 2 is 1.61 bits per heavy atom. The van der Waals surface area contributed by atoms with E-state index in [9.17, 15) is 19.2 Å². The fourth-order valence-corrected chi connectivity index (χ4v) is 3.89. The Labute approximate surface area is 191 Å². The van der Waals surface area contributed by atoms with Crippen molar-refractivity contribution >= 4 is 17.8 Å². The molecule has 0 atom stereocenters. The number of aromatic nitrogens is 3. The number of carbonyl (C=O) groups is 2. The number of carbonyl (C=O) groups excluding carboxylic acids is 2. The first-order valence-electron chi connectivity index (χ1n) is 10.4. The highest BCUT2D eigenvalue weighted by Gasteiger charge is 2.18. The highest BCUT2D eigenvalue weighted by atomic mass is 16.5. The molecule has 2 heterocycles. The van der Waals surface area contributed by atoms with Crippen molar-refractivity contribution in [2.75, 3.05) is 6.61 Å². The maximum atomic E-state index is 12.7. The van der Waals surface area contributed by atoms with Gasteiger partial charge in [-0.15, -0.1) is 0 Å². The molecule has 0 saturated heterocycles. The Morgan fingerprint density at radius 1 is 0.970 bits per heavy atom. The summed E-state index contributed by atoms with van der Waals surface area (Å²) >= 11 is 0. The minimum atomic E-state index is -0.762. The number of hydrogen-bond acceptors (Lipinski definition) is 5. The van der Waals surface area contributed by atoms with Crippen molar-refractivity contribution < 1.29 is 14.3 Å². The van der Waals surface area contributed by atoms with Gasteiger partial charge in [0.15, 0.2) is 6.61 Å². The lowest BCUT2D eigenvalue weighted by Crippen LogP contribution is -2.37. The lowest BCUT2D eigenvalue weighted by Gasteiger charge is -2.12. The molecular formula is C25H27N3O5. The van der Waals surface area contributed by atoms with Crippen LogP contribution in [-0.2, 0) is 23.6 Å². The molecule has 0 N–H and O–H groups in total. The van der Waals surface area contributed by atoms with Gasteiger partial charge in [-0.05, 0) is 63.1 Å². The van der Waals surface area contributed by atoms with Gasteiger partial charge in [0.2, 0.25) is 5.78 Å². The summed E-state index contributed by atoms with van der Waals surface area (Å²) in [7, 11) is 2.86. The van der Waals surface area contributed by atoms with Gasteiger partial charge in [-0.3, -0.25) is 14.2 Å². The molecule has 0 saturated carbocycles. The van der Waals surface area contributed by atoms with Crippen LogP contribution in [0.15, 0.2) is 46.1 Å². The summed E-state index contributed by atoms with van der Waals surface area (Å²) in [5.74, 6) is -1.08. The highest BCUT2D eigenvalue weighted by molar-refractivity contribution is 6.00. The van der Waals surface area contributed by atoms with Crippen LogP contribution >= 0.6 is 0 Å². The molecule has 33 heavy (non-hydrogen) atoms. The molecule has 1 aromatic carbocycles. The number of ketones is 1. The molecule has 0 unspecified atom stereocenters. The standard InChI is InChI=1S/C25H27N3O5/c1-15-9-16(2)11-20(10-15)28-17(3)12-21(18(28)4)22(29)14-33-23(30)8-7-19-13-26(5)25(32)27(6)24(19)31/h7-13H,14H2,1-6H3. The van der Waals surface area contributed by atoms with Crippen molar-refractivity contribution in [2.24, 2.45) is 14.1 Å². The van der Waals surface area contributed by atoms with Gasteiger partial charge in [0.1, 0.15) is 0 Å². The first-order valence-corrected chi connectivity index (χ1v) is 10.4. The minimum Gasteiger partial charge on any atom is -0.454 e. The summed E-state index contributed by atoms with van der Waals surface area (Å²) in [5.41, 5.74) is 4.52. The molecule has 3 rings (SSSR count). The van der Waals surface area contributed by atoms with E-state index in [1.807, 2.05) is 32.3 Å². The molecule has 8 heteroatoms. The Hall–Kier alpha value is -3.94. The third-order valence-corrected chi connectivity index (χ3v) is 5.41. The second kappa shape index (κ2) is 9.28. The zero-order chi connectivity index (χ0) is 24.4. The third kappa shape index (κ3) is 4.95. The van der Waals surface area contributed by atoms with Gasteiger partial charge < -0.3 is 13.9 Å². The van der Waals surface area contributed by atoms with E-state index in [2.05, 4.69) is 18.2 Å². The summed E-state index contributed by atoms with van der Waals surface area (Å²) in [6.45, 7) is 7.40. The van der Waals surface area contributed by atoms with E-state index in [1.165, 1.54) is 30.9 Å².